The van der Waals surface area contributed by atoms with Gasteiger partial charge in [-0.25, -0.2) is 9.78 Å². The number of aromatic nitrogens is 2. The SMILES string of the molecule is COC(=O)C(Nc1nc[nH]c(=O)c1Br)c1ccccc1. The molecule has 0 radical (unpaired) electrons. The minimum atomic E-state index is -0.744. The van der Waals surface area contributed by atoms with E-state index < -0.39 is 12.0 Å². The number of nitrogens with one attached hydrogen (secondary N) is 2. The molecule has 20 heavy (non-hydrogen) atoms. The van der Waals surface area contributed by atoms with E-state index in [0.717, 1.165) is 0 Å². The van der Waals surface area contributed by atoms with Gasteiger partial charge in [-0.05, 0) is 21.5 Å². The summed E-state index contributed by atoms with van der Waals surface area (Å²) in [4.78, 5) is 29.8. The van der Waals surface area contributed by atoms with Crippen molar-refractivity contribution in [2.24, 2.45) is 0 Å². The molecule has 0 bridgehead atoms. The topological polar surface area (TPSA) is 84.1 Å². The number of methoxy groups -OCH3 is 1. The molecule has 7 heteroatoms. The molecule has 6 nitrogen and oxygen atoms in total. The van der Waals surface area contributed by atoms with E-state index in [1.54, 1.807) is 12.1 Å². The van der Waals surface area contributed by atoms with Crippen molar-refractivity contribution in [1.82, 2.24) is 9.97 Å². The van der Waals surface area contributed by atoms with Crippen LogP contribution in [-0.4, -0.2) is 23.0 Å². The number of anilines is 1. The molecule has 2 N–H and O–H groups in total. The zero-order chi connectivity index (χ0) is 14.5. The molecule has 0 saturated heterocycles. The highest BCUT2D eigenvalue weighted by Gasteiger charge is 2.22. The third-order valence-corrected chi connectivity index (χ3v) is 3.38. The zero-order valence-corrected chi connectivity index (χ0v) is 12.2. The smallest absolute Gasteiger partial charge is 0.333 e. The molecule has 0 spiro atoms. The second kappa shape index (κ2) is 6.33. The molecule has 0 aliphatic heterocycles. The predicted octanol–water partition coefficient (Wildman–Crippen LogP) is 1.86. The molecule has 1 heterocycles. The minimum Gasteiger partial charge on any atom is -0.467 e. The van der Waals surface area contributed by atoms with Gasteiger partial charge in [0.25, 0.3) is 5.56 Å². The molecule has 2 aromatic rings. The van der Waals surface area contributed by atoms with E-state index in [9.17, 15) is 9.59 Å². The maximum absolute atomic E-state index is 11.9. The Balaban J connectivity index is 2.36. The molecular weight excluding hydrogens is 326 g/mol. The van der Waals surface area contributed by atoms with Crippen LogP contribution in [0.15, 0.2) is 45.9 Å². The van der Waals surface area contributed by atoms with Gasteiger partial charge in [0.2, 0.25) is 0 Å². The number of hydrogen-bond acceptors (Lipinski definition) is 5. The Morgan fingerprint density at radius 2 is 2.10 bits per heavy atom. The van der Waals surface area contributed by atoms with E-state index in [-0.39, 0.29) is 15.8 Å². The summed E-state index contributed by atoms with van der Waals surface area (Å²) in [6, 6.07) is 8.30. The molecule has 0 amide bonds. The highest BCUT2D eigenvalue weighted by Crippen LogP contribution is 2.22. The first kappa shape index (κ1) is 14.3. The summed E-state index contributed by atoms with van der Waals surface area (Å²) in [6.07, 6.45) is 1.26. The van der Waals surface area contributed by atoms with E-state index in [1.807, 2.05) is 18.2 Å². The molecule has 0 aliphatic carbocycles. The van der Waals surface area contributed by atoms with E-state index in [1.165, 1.54) is 13.4 Å². The van der Waals surface area contributed by atoms with Crippen molar-refractivity contribution in [3.05, 3.63) is 57.0 Å². The summed E-state index contributed by atoms with van der Waals surface area (Å²) in [7, 11) is 1.31. The standard InChI is InChI=1S/C13H12BrN3O3/c1-20-13(19)10(8-5-3-2-4-6-8)17-11-9(14)12(18)16-7-15-11/h2-7,10H,1H3,(H2,15,16,17,18). The third kappa shape index (κ3) is 3.05. The summed E-state index contributed by atoms with van der Waals surface area (Å²) >= 11 is 3.13. The van der Waals surface area contributed by atoms with Crippen molar-refractivity contribution < 1.29 is 9.53 Å². The van der Waals surface area contributed by atoms with Gasteiger partial charge >= 0.3 is 5.97 Å². The minimum absolute atomic E-state index is 0.227. The molecular formula is C13H12BrN3O3. The van der Waals surface area contributed by atoms with Gasteiger partial charge in [-0.3, -0.25) is 4.79 Å². The number of benzene rings is 1. The summed E-state index contributed by atoms with van der Waals surface area (Å²) in [6.45, 7) is 0. The summed E-state index contributed by atoms with van der Waals surface area (Å²) < 4.78 is 5.01. The largest absolute Gasteiger partial charge is 0.467 e. The van der Waals surface area contributed by atoms with Crippen LogP contribution in [0.4, 0.5) is 5.82 Å². The highest BCUT2D eigenvalue weighted by molar-refractivity contribution is 9.10. The quantitative estimate of drug-likeness (QED) is 0.832. The van der Waals surface area contributed by atoms with Gasteiger partial charge in [0.15, 0.2) is 6.04 Å². The van der Waals surface area contributed by atoms with Crippen molar-refractivity contribution in [3.8, 4) is 0 Å². The number of hydrogen-bond donors (Lipinski definition) is 2. The number of rotatable bonds is 4. The van der Waals surface area contributed by atoms with Crippen molar-refractivity contribution in [2.75, 3.05) is 12.4 Å². The Morgan fingerprint density at radius 3 is 2.75 bits per heavy atom. The number of ether oxygens (including phenoxy) is 1. The zero-order valence-electron chi connectivity index (χ0n) is 10.6. The fraction of sp³-hybridized carbons (Fsp3) is 0.154. The Labute approximate surface area is 123 Å². The molecule has 2 rings (SSSR count). The maximum atomic E-state index is 11.9. The Kier molecular flexibility index (Phi) is 4.52. The van der Waals surface area contributed by atoms with E-state index in [0.29, 0.717) is 5.56 Å². The first-order valence-corrected chi connectivity index (χ1v) is 6.55. The van der Waals surface area contributed by atoms with Crippen LogP contribution in [0.2, 0.25) is 0 Å². The Bertz CT molecular complexity index is 657. The van der Waals surface area contributed by atoms with Crippen LogP contribution in [0.1, 0.15) is 11.6 Å². The molecule has 0 fully saturated rings. The number of halogens is 1. The van der Waals surface area contributed by atoms with Crippen LogP contribution in [0.3, 0.4) is 0 Å². The number of carbonyl (C=O) groups excluding carboxylic acids is 1. The second-order valence-electron chi connectivity index (χ2n) is 3.91. The second-order valence-corrected chi connectivity index (χ2v) is 4.70. The monoisotopic (exact) mass is 337 g/mol. The molecule has 1 atom stereocenters. The predicted molar refractivity (Wildman–Crippen MR) is 77.4 cm³/mol. The van der Waals surface area contributed by atoms with Crippen molar-refractivity contribution in [3.63, 3.8) is 0 Å². The maximum Gasteiger partial charge on any atom is 0.333 e. The summed E-state index contributed by atoms with van der Waals surface area (Å²) in [5.74, 6) is -0.196. The molecule has 1 aromatic heterocycles. The summed E-state index contributed by atoms with van der Waals surface area (Å²) in [5.41, 5.74) is 0.382. The van der Waals surface area contributed by atoms with Gasteiger partial charge in [-0.1, -0.05) is 30.3 Å². The summed E-state index contributed by atoms with van der Waals surface area (Å²) in [5, 5.41) is 2.90. The average Bonchev–Trinajstić information content (AvgIpc) is 2.49. The lowest BCUT2D eigenvalue weighted by atomic mass is 10.1. The fourth-order valence-electron chi connectivity index (χ4n) is 1.66. The molecule has 0 aliphatic rings. The number of H-pyrrole nitrogens is 1. The molecule has 0 saturated carbocycles. The van der Waals surface area contributed by atoms with Crippen molar-refractivity contribution in [1.29, 1.82) is 0 Å². The Morgan fingerprint density at radius 1 is 1.40 bits per heavy atom. The van der Waals surface area contributed by atoms with Gasteiger partial charge in [0.05, 0.1) is 13.4 Å². The van der Waals surface area contributed by atoms with Gasteiger partial charge < -0.3 is 15.0 Å². The van der Waals surface area contributed by atoms with Gasteiger partial charge in [-0.2, -0.15) is 0 Å². The van der Waals surface area contributed by atoms with Crippen LogP contribution in [0.25, 0.3) is 0 Å². The number of aromatic amines is 1. The van der Waals surface area contributed by atoms with Crippen molar-refractivity contribution in [2.45, 2.75) is 6.04 Å². The van der Waals surface area contributed by atoms with Gasteiger partial charge in [-0.15, -0.1) is 0 Å². The fourth-order valence-corrected chi connectivity index (χ4v) is 1.99. The Hall–Kier alpha value is -2.15. The highest BCUT2D eigenvalue weighted by atomic mass is 79.9. The van der Waals surface area contributed by atoms with Crippen LogP contribution >= 0.6 is 15.9 Å². The van der Waals surface area contributed by atoms with Gasteiger partial charge in [0.1, 0.15) is 10.3 Å². The van der Waals surface area contributed by atoms with Crippen LogP contribution in [-0.2, 0) is 9.53 Å². The third-order valence-electron chi connectivity index (χ3n) is 2.65. The van der Waals surface area contributed by atoms with E-state index >= 15 is 0 Å². The lowest BCUT2D eigenvalue weighted by Crippen LogP contribution is -2.24. The number of esters is 1. The molecule has 104 valence electrons. The average molecular weight is 338 g/mol. The van der Waals surface area contributed by atoms with E-state index in [2.05, 4.69) is 31.2 Å². The molecule has 1 aromatic carbocycles. The van der Waals surface area contributed by atoms with Gasteiger partial charge in [0, 0.05) is 0 Å². The first-order chi connectivity index (χ1) is 9.63. The lowest BCUT2D eigenvalue weighted by molar-refractivity contribution is -0.141. The van der Waals surface area contributed by atoms with Crippen LogP contribution in [0, 0.1) is 0 Å². The van der Waals surface area contributed by atoms with Crippen molar-refractivity contribution >= 4 is 27.7 Å². The van der Waals surface area contributed by atoms with Crippen LogP contribution in [0.5, 0.6) is 0 Å². The normalized spacial score (nSPS) is 11.7. The molecule has 1 unspecified atom stereocenters. The number of nitrogens with zero attached hydrogens (tertiary/aromatic N) is 1. The number of carbonyl (C=O) groups is 1. The van der Waals surface area contributed by atoms with Crippen LogP contribution < -0.4 is 10.9 Å². The lowest BCUT2D eigenvalue weighted by Gasteiger charge is -2.17. The van der Waals surface area contributed by atoms with E-state index in [4.69, 9.17) is 4.74 Å². The first-order valence-electron chi connectivity index (χ1n) is 5.76.